The molecular formula is C10H12ClNO. The Morgan fingerprint density at radius 1 is 1.46 bits per heavy atom. The Kier molecular flexibility index (Phi) is 2.83. The number of rotatable bonds is 1. The van der Waals surface area contributed by atoms with Gasteiger partial charge in [-0.05, 0) is 24.1 Å². The predicted octanol–water partition coefficient (Wildman–Crippen LogP) is 2.35. The number of hydrogen-bond donors (Lipinski definition) is 1. The first-order chi connectivity index (χ1) is 6.36. The van der Waals surface area contributed by atoms with Gasteiger partial charge < -0.3 is 4.74 Å². The molecule has 0 radical (unpaired) electrons. The molecule has 0 bridgehead atoms. The summed E-state index contributed by atoms with van der Waals surface area (Å²) in [5, 5.41) is 4.04. The van der Waals surface area contributed by atoms with E-state index in [1.165, 1.54) is 0 Å². The average Bonchev–Trinajstić information content (AvgIpc) is 2.19. The summed E-state index contributed by atoms with van der Waals surface area (Å²) in [7, 11) is 0. The number of hydrogen-bond acceptors (Lipinski definition) is 2. The fraction of sp³-hybridized carbons (Fsp3) is 0.400. The Morgan fingerprint density at radius 2 is 2.38 bits per heavy atom. The molecular weight excluding hydrogens is 186 g/mol. The number of ether oxygens (including phenoxy) is 1. The molecule has 1 aromatic carbocycles. The Hall–Kier alpha value is -0.570. The Labute approximate surface area is 82.9 Å². The van der Waals surface area contributed by atoms with Crippen LogP contribution in [0.1, 0.15) is 18.2 Å². The van der Waals surface area contributed by atoms with Crippen LogP contribution in [-0.2, 0) is 4.74 Å². The van der Waals surface area contributed by atoms with Crippen molar-refractivity contribution < 1.29 is 4.74 Å². The van der Waals surface area contributed by atoms with Gasteiger partial charge in [-0.25, -0.2) is 0 Å². The quantitative estimate of drug-likeness (QED) is 0.747. The van der Waals surface area contributed by atoms with Crippen LogP contribution in [0.25, 0.3) is 0 Å². The topological polar surface area (TPSA) is 21.3 Å². The monoisotopic (exact) mass is 197 g/mol. The van der Waals surface area contributed by atoms with Crippen LogP contribution in [0.5, 0.6) is 0 Å². The van der Waals surface area contributed by atoms with Crippen molar-refractivity contribution in [2.45, 2.75) is 12.6 Å². The van der Waals surface area contributed by atoms with Crippen molar-refractivity contribution in [2.24, 2.45) is 0 Å². The standard InChI is InChI=1S/C10H12ClNO/c11-9-4-1-3-8(7-9)10-12-5-2-6-13-10/h1,3-4,7,10,12H,2,5-6H2. The smallest absolute Gasteiger partial charge is 0.134 e. The molecule has 1 fully saturated rings. The zero-order valence-corrected chi connectivity index (χ0v) is 8.05. The summed E-state index contributed by atoms with van der Waals surface area (Å²) in [5.41, 5.74) is 1.10. The summed E-state index contributed by atoms with van der Waals surface area (Å²) in [4.78, 5) is 0. The molecule has 1 aliphatic heterocycles. The molecule has 1 aliphatic rings. The molecule has 0 spiro atoms. The van der Waals surface area contributed by atoms with Gasteiger partial charge >= 0.3 is 0 Å². The maximum Gasteiger partial charge on any atom is 0.134 e. The molecule has 13 heavy (non-hydrogen) atoms. The van der Waals surface area contributed by atoms with E-state index in [-0.39, 0.29) is 6.23 Å². The van der Waals surface area contributed by atoms with Gasteiger partial charge in [0.05, 0.1) is 6.61 Å². The minimum absolute atomic E-state index is 0.0208. The van der Waals surface area contributed by atoms with E-state index in [9.17, 15) is 0 Å². The van der Waals surface area contributed by atoms with Crippen LogP contribution in [-0.4, -0.2) is 13.2 Å². The van der Waals surface area contributed by atoms with Crippen molar-refractivity contribution in [3.05, 3.63) is 34.9 Å². The van der Waals surface area contributed by atoms with Crippen molar-refractivity contribution in [3.8, 4) is 0 Å². The van der Waals surface area contributed by atoms with E-state index in [1.54, 1.807) is 0 Å². The van der Waals surface area contributed by atoms with E-state index in [1.807, 2.05) is 24.3 Å². The number of benzene rings is 1. The Balaban J connectivity index is 2.14. The van der Waals surface area contributed by atoms with Crippen molar-refractivity contribution in [2.75, 3.05) is 13.2 Å². The van der Waals surface area contributed by atoms with Gasteiger partial charge in [0.15, 0.2) is 0 Å². The average molecular weight is 198 g/mol. The van der Waals surface area contributed by atoms with Crippen molar-refractivity contribution >= 4 is 11.6 Å². The van der Waals surface area contributed by atoms with E-state index < -0.39 is 0 Å². The fourth-order valence-electron chi connectivity index (χ4n) is 1.45. The van der Waals surface area contributed by atoms with Gasteiger partial charge in [0, 0.05) is 11.6 Å². The van der Waals surface area contributed by atoms with Gasteiger partial charge in [0.25, 0.3) is 0 Å². The van der Waals surface area contributed by atoms with Crippen molar-refractivity contribution in [1.29, 1.82) is 0 Å². The van der Waals surface area contributed by atoms with Crippen LogP contribution in [0.15, 0.2) is 24.3 Å². The number of halogens is 1. The molecule has 3 heteroatoms. The maximum absolute atomic E-state index is 5.88. The molecule has 0 aromatic heterocycles. The third-order valence-electron chi connectivity index (χ3n) is 2.09. The van der Waals surface area contributed by atoms with Gasteiger partial charge in [-0.3, -0.25) is 5.32 Å². The second kappa shape index (κ2) is 4.09. The SMILES string of the molecule is Clc1cccc(C2NCCCO2)c1. The molecule has 0 saturated carbocycles. The lowest BCUT2D eigenvalue weighted by Crippen LogP contribution is -2.31. The maximum atomic E-state index is 5.88. The molecule has 2 rings (SSSR count). The van der Waals surface area contributed by atoms with Crippen LogP contribution < -0.4 is 5.32 Å². The molecule has 1 atom stereocenters. The molecule has 1 heterocycles. The number of nitrogens with one attached hydrogen (secondary N) is 1. The van der Waals surface area contributed by atoms with Gasteiger partial charge in [0.1, 0.15) is 6.23 Å². The predicted molar refractivity (Wildman–Crippen MR) is 52.8 cm³/mol. The van der Waals surface area contributed by atoms with E-state index >= 15 is 0 Å². The third-order valence-corrected chi connectivity index (χ3v) is 2.32. The highest BCUT2D eigenvalue weighted by atomic mass is 35.5. The van der Waals surface area contributed by atoms with Crippen LogP contribution in [0.3, 0.4) is 0 Å². The van der Waals surface area contributed by atoms with Crippen molar-refractivity contribution in [1.82, 2.24) is 5.32 Å². The summed E-state index contributed by atoms with van der Waals surface area (Å²) < 4.78 is 5.55. The van der Waals surface area contributed by atoms with E-state index in [2.05, 4.69) is 5.32 Å². The summed E-state index contributed by atoms with van der Waals surface area (Å²) in [6.45, 7) is 1.83. The first kappa shape index (κ1) is 9.00. The zero-order chi connectivity index (χ0) is 9.10. The molecule has 2 nitrogen and oxygen atoms in total. The largest absolute Gasteiger partial charge is 0.359 e. The van der Waals surface area contributed by atoms with Crippen LogP contribution in [0.4, 0.5) is 0 Å². The summed E-state index contributed by atoms with van der Waals surface area (Å²) in [6.07, 6.45) is 1.10. The highest BCUT2D eigenvalue weighted by molar-refractivity contribution is 6.30. The minimum atomic E-state index is 0.0208. The first-order valence-corrected chi connectivity index (χ1v) is 4.84. The van der Waals surface area contributed by atoms with Crippen LogP contribution >= 0.6 is 11.6 Å². The lowest BCUT2D eigenvalue weighted by Gasteiger charge is -2.24. The molecule has 0 aliphatic carbocycles. The molecule has 1 saturated heterocycles. The second-order valence-corrected chi connectivity index (χ2v) is 3.55. The van der Waals surface area contributed by atoms with Crippen LogP contribution in [0.2, 0.25) is 5.02 Å². The molecule has 1 unspecified atom stereocenters. The van der Waals surface area contributed by atoms with Gasteiger partial charge in [-0.15, -0.1) is 0 Å². The van der Waals surface area contributed by atoms with E-state index in [4.69, 9.17) is 16.3 Å². The summed E-state index contributed by atoms with van der Waals surface area (Å²) in [5.74, 6) is 0. The third kappa shape index (κ3) is 2.21. The highest BCUT2D eigenvalue weighted by Crippen LogP contribution is 2.20. The molecule has 0 amide bonds. The zero-order valence-electron chi connectivity index (χ0n) is 7.29. The lowest BCUT2D eigenvalue weighted by molar-refractivity contribution is -0.000307. The lowest BCUT2D eigenvalue weighted by atomic mass is 10.2. The van der Waals surface area contributed by atoms with Gasteiger partial charge in [0.2, 0.25) is 0 Å². The summed E-state index contributed by atoms with van der Waals surface area (Å²) >= 11 is 5.88. The van der Waals surface area contributed by atoms with E-state index in [0.717, 1.165) is 30.2 Å². The summed E-state index contributed by atoms with van der Waals surface area (Å²) in [6, 6.07) is 7.77. The van der Waals surface area contributed by atoms with E-state index in [0.29, 0.717) is 0 Å². The second-order valence-electron chi connectivity index (χ2n) is 3.11. The van der Waals surface area contributed by atoms with Crippen molar-refractivity contribution in [3.63, 3.8) is 0 Å². The fourth-order valence-corrected chi connectivity index (χ4v) is 1.65. The molecule has 70 valence electrons. The Morgan fingerprint density at radius 3 is 3.08 bits per heavy atom. The van der Waals surface area contributed by atoms with Gasteiger partial charge in [-0.2, -0.15) is 0 Å². The Bertz CT molecular complexity index is 284. The normalized spacial score (nSPS) is 23.0. The molecule has 1 N–H and O–H groups in total. The molecule has 1 aromatic rings. The first-order valence-electron chi connectivity index (χ1n) is 4.47. The minimum Gasteiger partial charge on any atom is -0.359 e. The van der Waals surface area contributed by atoms with Gasteiger partial charge in [-0.1, -0.05) is 23.7 Å². The van der Waals surface area contributed by atoms with Crippen LogP contribution in [0, 0.1) is 0 Å². The highest BCUT2D eigenvalue weighted by Gasteiger charge is 2.14.